The lowest BCUT2D eigenvalue weighted by Gasteiger charge is -2.21. The van der Waals surface area contributed by atoms with Crippen molar-refractivity contribution >= 4 is 15.8 Å². The van der Waals surface area contributed by atoms with Crippen LogP contribution in [0.15, 0.2) is 40.3 Å². The molecule has 0 aliphatic carbocycles. The molecule has 1 heterocycles. The Morgan fingerprint density at radius 2 is 1.68 bits per heavy atom. The summed E-state index contributed by atoms with van der Waals surface area (Å²) in [5.74, 6) is -0.0761. The highest BCUT2D eigenvalue weighted by Gasteiger charge is 2.36. The van der Waals surface area contributed by atoms with Crippen LogP contribution < -0.4 is 0 Å². The molecular weight excluding hydrogens is 334 g/mol. The Bertz CT molecular complexity index is 781. The van der Waals surface area contributed by atoms with Crippen molar-refractivity contribution in [3.8, 4) is 0 Å². The van der Waals surface area contributed by atoms with Gasteiger partial charge in [0.15, 0.2) is 5.78 Å². The van der Waals surface area contributed by atoms with Crippen LogP contribution in [0.3, 0.4) is 0 Å². The van der Waals surface area contributed by atoms with Gasteiger partial charge >= 0.3 is 0 Å². The summed E-state index contributed by atoms with van der Waals surface area (Å²) in [5, 5.41) is 0. The molecule has 0 radical (unpaired) electrons. The molecule has 25 heavy (non-hydrogen) atoms. The van der Waals surface area contributed by atoms with Crippen LogP contribution in [-0.4, -0.2) is 31.6 Å². The van der Waals surface area contributed by atoms with Crippen LogP contribution in [0.1, 0.15) is 46.6 Å². The van der Waals surface area contributed by atoms with E-state index in [0.29, 0.717) is 12.1 Å². The van der Waals surface area contributed by atoms with Gasteiger partial charge in [0.1, 0.15) is 0 Å². The molecule has 0 bridgehead atoms. The fourth-order valence-electron chi connectivity index (χ4n) is 3.09. The van der Waals surface area contributed by atoms with Gasteiger partial charge in [-0.3, -0.25) is 4.79 Å². The minimum Gasteiger partial charge on any atom is -0.294 e. The molecule has 0 saturated heterocycles. The largest absolute Gasteiger partial charge is 0.294 e. The van der Waals surface area contributed by atoms with E-state index >= 15 is 0 Å². The van der Waals surface area contributed by atoms with Crippen LogP contribution in [0.5, 0.6) is 0 Å². The molecule has 0 unspecified atom stereocenters. The van der Waals surface area contributed by atoms with E-state index in [9.17, 15) is 13.2 Å². The molecular formula is C20H29NO3S. The van der Waals surface area contributed by atoms with Gasteiger partial charge in [0, 0.05) is 24.6 Å². The van der Waals surface area contributed by atoms with Crippen molar-refractivity contribution in [2.24, 2.45) is 11.3 Å². The molecule has 138 valence electrons. The molecule has 0 saturated carbocycles. The molecule has 1 aromatic rings. The van der Waals surface area contributed by atoms with Gasteiger partial charge in [0.05, 0.1) is 4.90 Å². The first-order valence-corrected chi connectivity index (χ1v) is 10.2. The highest BCUT2D eigenvalue weighted by Crippen LogP contribution is 2.34. The fourth-order valence-corrected chi connectivity index (χ4v) is 4.49. The van der Waals surface area contributed by atoms with Gasteiger partial charge in [-0.15, -0.1) is 0 Å². The highest BCUT2D eigenvalue weighted by molar-refractivity contribution is 7.89. The maximum Gasteiger partial charge on any atom is 0.243 e. The Hall–Kier alpha value is -1.46. The number of hydrogen-bond donors (Lipinski definition) is 0. The number of sulfonamides is 1. The zero-order chi connectivity index (χ0) is 19.0. The van der Waals surface area contributed by atoms with Crippen molar-refractivity contribution in [2.75, 3.05) is 13.1 Å². The molecule has 0 fully saturated rings. The van der Waals surface area contributed by atoms with Gasteiger partial charge in [-0.2, -0.15) is 4.31 Å². The lowest BCUT2D eigenvalue weighted by atomic mass is 9.85. The molecule has 0 atom stereocenters. The van der Waals surface area contributed by atoms with Crippen LogP contribution in [0.2, 0.25) is 0 Å². The maximum atomic E-state index is 13.0. The third-order valence-electron chi connectivity index (χ3n) is 4.35. The predicted octanol–water partition coefficient (Wildman–Crippen LogP) is 3.96. The van der Waals surface area contributed by atoms with Gasteiger partial charge < -0.3 is 0 Å². The van der Waals surface area contributed by atoms with Gasteiger partial charge in [0.2, 0.25) is 10.0 Å². The minimum atomic E-state index is -3.60. The second kappa shape index (κ2) is 7.04. The highest BCUT2D eigenvalue weighted by atomic mass is 32.2. The number of ketones is 1. The summed E-state index contributed by atoms with van der Waals surface area (Å²) in [6.45, 7) is 12.5. The zero-order valence-corrected chi connectivity index (χ0v) is 16.9. The summed E-state index contributed by atoms with van der Waals surface area (Å²) in [5.41, 5.74) is 2.66. The number of carbonyl (C=O) groups excluding carboxylic acids is 1. The van der Waals surface area contributed by atoms with E-state index in [2.05, 4.69) is 20.8 Å². The summed E-state index contributed by atoms with van der Waals surface area (Å²) in [6.07, 6.45) is 0.723. The van der Waals surface area contributed by atoms with E-state index in [1.807, 2.05) is 20.8 Å². The maximum absolute atomic E-state index is 13.0. The van der Waals surface area contributed by atoms with E-state index in [4.69, 9.17) is 0 Å². The molecule has 0 spiro atoms. The van der Waals surface area contributed by atoms with Crippen molar-refractivity contribution in [3.05, 3.63) is 41.0 Å². The molecule has 4 nitrogen and oxygen atoms in total. The SMILES string of the molecule is Cc1ccc(S(=O)(=O)N2CC(CC(C)(C)C)=C(C(=O)C(C)C)C2)cc1. The van der Waals surface area contributed by atoms with Crippen molar-refractivity contribution < 1.29 is 13.2 Å². The smallest absolute Gasteiger partial charge is 0.243 e. The second-order valence-corrected chi connectivity index (χ2v) is 10.4. The molecule has 1 aromatic carbocycles. The lowest BCUT2D eigenvalue weighted by Crippen LogP contribution is -2.30. The quantitative estimate of drug-likeness (QED) is 0.796. The number of benzene rings is 1. The summed E-state index contributed by atoms with van der Waals surface area (Å²) in [4.78, 5) is 12.9. The first-order valence-electron chi connectivity index (χ1n) is 8.74. The number of hydrogen-bond acceptors (Lipinski definition) is 3. The van der Waals surface area contributed by atoms with Crippen LogP contribution in [0, 0.1) is 18.3 Å². The fraction of sp³-hybridized carbons (Fsp3) is 0.550. The molecule has 1 aliphatic rings. The summed E-state index contributed by atoms with van der Waals surface area (Å²) >= 11 is 0. The van der Waals surface area contributed by atoms with Gasteiger partial charge in [-0.1, -0.05) is 52.3 Å². The van der Waals surface area contributed by atoms with Crippen LogP contribution in [-0.2, 0) is 14.8 Å². The summed E-state index contributed by atoms with van der Waals surface area (Å²) < 4.78 is 27.4. The minimum absolute atomic E-state index is 0.00146. The van der Waals surface area contributed by atoms with E-state index in [-0.39, 0.29) is 28.6 Å². The zero-order valence-electron chi connectivity index (χ0n) is 16.1. The van der Waals surface area contributed by atoms with Crippen molar-refractivity contribution in [1.29, 1.82) is 0 Å². The van der Waals surface area contributed by atoms with Crippen molar-refractivity contribution in [2.45, 2.75) is 52.9 Å². The Balaban J connectivity index is 2.35. The summed E-state index contributed by atoms with van der Waals surface area (Å²) in [6, 6.07) is 6.87. The summed E-state index contributed by atoms with van der Waals surface area (Å²) in [7, 11) is -3.60. The topological polar surface area (TPSA) is 54.5 Å². The van der Waals surface area contributed by atoms with Gasteiger partial charge in [-0.25, -0.2) is 8.42 Å². The Kier molecular flexibility index (Phi) is 5.59. The molecule has 1 aliphatic heterocycles. The van der Waals surface area contributed by atoms with Crippen LogP contribution >= 0.6 is 0 Å². The van der Waals surface area contributed by atoms with Crippen LogP contribution in [0.25, 0.3) is 0 Å². The van der Waals surface area contributed by atoms with Crippen LogP contribution in [0.4, 0.5) is 0 Å². The number of aryl methyl sites for hydroxylation is 1. The molecule has 5 heteroatoms. The lowest BCUT2D eigenvalue weighted by molar-refractivity contribution is -0.118. The first-order chi connectivity index (χ1) is 11.4. The van der Waals surface area contributed by atoms with E-state index in [1.54, 1.807) is 24.3 Å². The second-order valence-electron chi connectivity index (χ2n) is 8.42. The molecule has 0 N–H and O–H groups in total. The van der Waals surface area contributed by atoms with E-state index < -0.39 is 10.0 Å². The Labute approximate surface area is 152 Å². The average molecular weight is 364 g/mol. The third-order valence-corrected chi connectivity index (χ3v) is 6.16. The Morgan fingerprint density at radius 3 is 2.16 bits per heavy atom. The number of nitrogens with zero attached hydrogens (tertiary/aromatic N) is 1. The average Bonchev–Trinajstić information content (AvgIpc) is 2.89. The third kappa shape index (κ3) is 4.59. The molecule has 0 aromatic heterocycles. The van der Waals surface area contributed by atoms with Crippen molar-refractivity contribution in [1.82, 2.24) is 4.31 Å². The normalized spacial score (nSPS) is 16.8. The van der Waals surface area contributed by atoms with E-state index in [0.717, 1.165) is 17.6 Å². The molecule has 0 amide bonds. The van der Waals surface area contributed by atoms with Crippen molar-refractivity contribution in [3.63, 3.8) is 0 Å². The van der Waals surface area contributed by atoms with Gasteiger partial charge in [0.25, 0.3) is 0 Å². The number of carbonyl (C=O) groups is 1. The van der Waals surface area contributed by atoms with Gasteiger partial charge in [-0.05, 0) is 36.5 Å². The first kappa shape index (κ1) is 19.9. The standard InChI is InChI=1S/C20H29NO3S/c1-14(2)19(22)18-13-21(12-16(18)11-20(4,5)6)25(23,24)17-9-7-15(3)8-10-17/h7-10,14H,11-13H2,1-6H3. The predicted molar refractivity (Wildman–Crippen MR) is 101 cm³/mol. The number of Topliss-reactive ketones (excluding diaryl/α,β-unsaturated/α-hetero) is 1. The number of rotatable bonds is 5. The van der Waals surface area contributed by atoms with E-state index in [1.165, 1.54) is 4.31 Å². The monoisotopic (exact) mass is 363 g/mol. The Morgan fingerprint density at radius 1 is 1.12 bits per heavy atom. The molecule has 2 rings (SSSR count).